The van der Waals surface area contributed by atoms with Crippen LogP contribution < -0.4 is 0 Å². The van der Waals surface area contributed by atoms with Crippen LogP contribution in [0.25, 0.3) is 5.57 Å². The standard InChI is InChI=1S/C32H29NO2/c1-2-3-24-33-30(29(25-16-8-4-9-17-25)26-18-10-5-11-19-26)35-32(31(33)34,27-20-12-6-13-21-27)28-22-14-7-15-23-28/h4-23H,2-3,24H2,1H3. The third-order valence-electron chi connectivity index (χ3n) is 6.48. The summed E-state index contributed by atoms with van der Waals surface area (Å²) >= 11 is 0. The van der Waals surface area contributed by atoms with Crippen molar-refractivity contribution in [1.29, 1.82) is 0 Å². The number of carbonyl (C=O) groups is 1. The van der Waals surface area contributed by atoms with E-state index >= 15 is 0 Å². The van der Waals surface area contributed by atoms with E-state index in [9.17, 15) is 4.79 Å². The van der Waals surface area contributed by atoms with Crippen LogP contribution in [0.15, 0.2) is 127 Å². The van der Waals surface area contributed by atoms with Crippen LogP contribution in [0.5, 0.6) is 0 Å². The summed E-state index contributed by atoms with van der Waals surface area (Å²) in [4.78, 5) is 16.3. The minimum absolute atomic E-state index is 0.0530. The zero-order valence-electron chi connectivity index (χ0n) is 19.9. The third-order valence-corrected chi connectivity index (χ3v) is 6.48. The van der Waals surface area contributed by atoms with Crippen LogP contribution >= 0.6 is 0 Å². The number of hydrogen-bond donors (Lipinski definition) is 0. The van der Waals surface area contributed by atoms with Crippen LogP contribution in [-0.2, 0) is 15.1 Å². The molecular weight excluding hydrogens is 430 g/mol. The van der Waals surface area contributed by atoms with Gasteiger partial charge in [-0.3, -0.25) is 9.69 Å². The highest BCUT2D eigenvalue weighted by atomic mass is 16.5. The van der Waals surface area contributed by atoms with Crippen molar-refractivity contribution in [2.75, 3.05) is 6.54 Å². The van der Waals surface area contributed by atoms with E-state index in [4.69, 9.17) is 4.74 Å². The average Bonchev–Trinajstić information content (AvgIpc) is 3.22. The van der Waals surface area contributed by atoms with Crippen molar-refractivity contribution in [3.05, 3.63) is 149 Å². The minimum atomic E-state index is -1.25. The maximum atomic E-state index is 14.5. The van der Waals surface area contributed by atoms with Crippen molar-refractivity contribution >= 4 is 11.5 Å². The summed E-state index contributed by atoms with van der Waals surface area (Å²) in [6.07, 6.45) is 1.86. The highest BCUT2D eigenvalue weighted by Gasteiger charge is 2.55. The molecule has 1 aliphatic rings. The minimum Gasteiger partial charge on any atom is -0.452 e. The number of rotatable bonds is 7. The Kier molecular flexibility index (Phi) is 6.49. The van der Waals surface area contributed by atoms with Crippen molar-refractivity contribution in [1.82, 2.24) is 4.90 Å². The van der Waals surface area contributed by atoms with E-state index in [0.29, 0.717) is 12.4 Å². The molecule has 3 heteroatoms. The van der Waals surface area contributed by atoms with Gasteiger partial charge in [0.15, 0.2) is 0 Å². The third kappa shape index (κ3) is 4.15. The van der Waals surface area contributed by atoms with E-state index in [1.54, 1.807) is 0 Å². The number of carbonyl (C=O) groups excluding carboxylic acids is 1. The molecule has 4 aromatic rings. The van der Waals surface area contributed by atoms with Crippen LogP contribution in [0.2, 0.25) is 0 Å². The topological polar surface area (TPSA) is 29.5 Å². The lowest BCUT2D eigenvalue weighted by molar-refractivity contribution is -0.134. The molecule has 1 saturated heterocycles. The van der Waals surface area contributed by atoms with Crippen molar-refractivity contribution in [2.45, 2.75) is 25.4 Å². The van der Waals surface area contributed by atoms with Gasteiger partial charge in [-0.25, -0.2) is 0 Å². The Bertz CT molecular complexity index is 1220. The fraction of sp³-hybridized carbons (Fsp3) is 0.156. The fourth-order valence-electron chi connectivity index (χ4n) is 4.73. The number of nitrogens with zero attached hydrogens (tertiary/aromatic N) is 1. The lowest BCUT2D eigenvalue weighted by atomic mass is 9.85. The molecule has 0 spiro atoms. The molecule has 3 nitrogen and oxygen atoms in total. The number of hydrogen-bond acceptors (Lipinski definition) is 2. The van der Waals surface area contributed by atoms with Gasteiger partial charge in [0.1, 0.15) is 0 Å². The van der Waals surface area contributed by atoms with Gasteiger partial charge < -0.3 is 4.74 Å². The molecule has 174 valence electrons. The summed E-state index contributed by atoms with van der Waals surface area (Å²) in [5, 5.41) is 0. The monoisotopic (exact) mass is 459 g/mol. The summed E-state index contributed by atoms with van der Waals surface area (Å²) in [6.45, 7) is 2.73. The largest absolute Gasteiger partial charge is 0.452 e. The maximum Gasteiger partial charge on any atom is 0.283 e. The Hall–Kier alpha value is -4.11. The smallest absolute Gasteiger partial charge is 0.283 e. The molecule has 1 aliphatic heterocycles. The van der Waals surface area contributed by atoms with Gasteiger partial charge in [-0.05, 0) is 17.5 Å². The Labute approximate surface area is 207 Å². The van der Waals surface area contributed by atoms with Gasteiger partial charge >= 0.3 is 0 Å². The quantitative estimate of drug-likeness (QED) is 0.298. The molecule has 0 aliphatic carbocycles. The lowest BCUT2D eigenvalue weighted by Gasteiger charge is -2.27. The van der Waals surface area contributed by atoms with Gasteiger partial charge in [0.2, 0.25) is 11.5 Å². The van der Waals surface area contributed by atoms with E-state index in [1.165, 1.54) is 0 Å². The fourth-order valence-corrected chi connectivity index (χ4v) is 4.73. The molecule has 4 aromatic carbocycles. The van der Waals surface area contributed by atoms with Crippen LogP contribution in [0.1, 0.15) is 42.0 Å². The van der Waals surface area contributed by atoms with E-state index in [-0.39, 0.29) is 5.91 Å². The summed E-state index contributed by atoms with van der Waals surface area (Å²) in [5.74, 6) is 0.552. The van der Waals surface area contributed by atoms with Gasteiger partial charge in [0, 0.05) is 23.2 Å². The van der Waals surface area contributed by atoms with E-state index in [1.807, 2.05) is 102 Å². The zero-order chi connectivity index (χ0) is 24.1. The van der Waals surface area contributed by atoms with Crippen molar-refractivity contribution in [2.24, 2.45) is 0 Å². The normalized spacial score (nSPS) is 14.6. The second kappa shape index (κ2) is 10.0. The van der Waals surface area contributed by atoms with Gasteiger partial charge in [-0.2, -0.15) is 0 Å². The molecule has 1 amide bonds. The second-order valence-electron chi connectivity index (χ2n) is 8.74. The van der Waals surface area contributed by atoms with Crippen molar-refractivity contribution in [3.8, 4) is 0 Å². The summed E-state index contributed by atoms with van der Waals surface area (Å²) < 4.78 is 6.97. The van der Waals surface area contributed by atoms with Crippen LogP contribution in [0.4, 0.5) is 0 Å². The molecule has 0 saturated carbocycles. The first-order valence-electron chi connectivity index (χ1n) is 12.2. The van der Waals surface area contributed by atoms with E-state index < -0.39 is 5.60 Å². The van der Waals surface area contributed by atoms with Gasteiger partial charge in [0.25, 0.3) is 5.91 Å². The number of amides is 1. The lowest BCUT2D eigenvalue weighted by Crippen LogP contribution is -2.39. The number of unbranched alkanes of at least 4 members (excludes halogenated alkanes) is 1. The van der Waals surface area contributed by atoms with Gasteiger partial charge in [-0.1, -0.05) is 135 Å². The van der Waals surface area contributed by atoms with Crippen molar-refractivity contribution < 1.29 is 9.53 Å². The SMILES string of the molecule is CCCCN1C(=O)C(c2ccccc2)(c2ccccc2)OC1=C(c1ccccc1)c1ccccc1. The van der Waals surface area contributed by atoms with Crippen molar-refractivity contribution in [3.63, 3.8) is 0 Å². The van der Waals surface area contributed by atoms with Crippen LogP contribution in [-0.4, -0.2) is 17.4 Å². The highest BCUT2D eigenvalue weighted by Crippen LogP contribution is 2.47. The first-order valence-corrected chi connectivity index (χ1v) is 12.2. The molecule has 5 rings (SSSR count). The summed E-state index contributed by atoms with van der Waals surface area (Å²) in [6, 6.07) is 40.1. The molecule has 0 bridgehead atoms. The highest BCUT2D eigenvalue weighted by molar-refractivity contribution is 5.96. The Morgan fingerprint density at radius 2 is 1.11 bits per heavy atom. The molecule has 0 atom stereocenters. The first kappa shape index (κ1) is 22.7. The van der Waals surface area contributed by atoms with Crippen LogP contribution in [0, 0.1) is 0 Å². The number of benzene rings is 4. The summed E-state index contributed by atoms with van der Waals surface area (Å²) in [5.41, 5.74) is 3.35. The Morgan fingerprint density at radius 1 is 0.686 bits per heavy atom. The first-order chi connectivity index (χ1) is 17.3. The molecule has 0 aromatic heterocycles. The molecular formula is C32H29NO2. The second-order valence-corrected chi connectivity index (χ2v) is 8.74. The Balaban J connectivity index is 1.81. The maximum absolute atomic E-state index is 14.5. The molecule has 0 N–H and O–H groups in total. The predicted molar refractivity (Wildman–Crippen MR) is 140 cm³/mol. The van der Waals surface area contributed by atoms with Gasteiger partial charge in [-0.15, -0.1) is 0 Å². The van der Waals surface area contributed by atoms with Gasteiger partial charge in [0.05, 0.1) is 0 Å². The Morgan fingerprint density at radius 3 is 1.54 bits per heavy atom. The molecule has 1 fully saturated rings. The number of ether oxygens (including phenoxy) is 1. The van der Waals surface area contributed by atoms with E-state index in [0.717, 1.165) is 40.7 Å². The van der Waals surface area contributed by atoms with E-state index in [2.05, 4.69) is 31.2 Å². The van der Waals surface area contributed by atoms with Crippen LogP contribution in [0.3, 0.4) is 0 Å². The predicted octanol–water partition coefficient (Wildman–Crippen LogP) is 7.01. The molecule has 1 heterocycles. The molecule has 35 heavy (non-hydrogen) atoms. The zero-order valence-corrected chi connectivity index (χ0v) is 19.9. The summed E-state index contributed by atoms with van der Waals surface area (Å²) in [7, 11) is 0. The molecule has 0 radical (unpaired) electrons. The molecule has 0 unspecified atom stereocenters. The average molecular weight is 460 g/mol.